The highest BCUT2D eigenvalue weighted by Crippen LogP contribution is 2.12. The highest BCUT2D eigenvalue weighted by atomic mass is 32.2. The van der Waals surface area contributed by atoms with E-state index in [4.69, 9.17) is 9.81 Å². The summed E-state index contributed by atoms with van der Waals surface area (Å²) < 4.78 is 21.2. The quantitative estimate of drug-likeness (QED) is 0.757. The van der Waals surface area contributed by atoms with Gasteiger partial charge in [-0.2, -0.15) is 5.26 Å². The third-order valence-electron chi connectivity index (χ3n) is 1.66. The summed E-state index contributed by atoms with van der Waals surface area (Å²) in [5, 5.41) is 8.66. The standard InChI is InChI=1S/C9H8FNOS/c10-9-2-1-7(3-4-13-12)8(5-9)6-11/h1-2,5,12H,3-4H2. The number of hydrogen-bond acceptors (Lipinski definition) is 3. The average molecular weight is 197 g/mol. The molecule has 13 heavy (non-hydrogen) atoms. The fourth-order valence-electron chi connectivity index (χ4n) is 1.03. The van der Waals surface area contributed by atoms with Crippen molar-refractivity contribution in [2.24, 2.45) is 0 Å². The Morgan fingerprint density at radius 2 is 2.31 bits per heavy atom. The summed E-state index contributed by atoms with van der Waals surface area (Å²) in [6.07, 6.45) is 0.574. The van der Waals surface area contributed by atoms with Crippen molar-refractivity contribution < 1.29 is 8.94 Å². The van der Waals surface area contributed by atoms with Crippen molar-refractivity contribution in [1.82, 2.24) is 0 Å². The lowest BCUT2D eigenvalue weighted by molar-refractivity contribution is 0.626. The molecule has 1 aromatic rings. The van der Waals surface area contributed by atoms with Crippen molar-refractivity contribution in [1.29, 1.82) is 5.26 Å². The molecule has 0 aliphatic carbocycles. The summed E-state index contributed by atoms with van der Waals surface area (Å²) in [6.45, 7) is 0. The largest absolute Gasteiger partial charge is 0.330 e. The van der Waals surface area contributed by atoms with E-state index in [1.54, 1.807) is 6.07 Å². The molecule has 0 atom stereocenters. The second-order valence-corrected chi connectivity index (χ2v) is 3.16. The summed E-state index contributed by atoms with van der Waals surface area (Å²) in [5.74, 6) is 0.109. The van der Waals surface area contributed by atoms with Crippen LogP contribution in [0, 0.1) is 17.1 Å². The van der Waals surface area contributed by atoms with Crippen LogP contribution in [-0.4, -0.2) is 10.3 Å². The van der Waals surface area contributed by atoms with E-state index < -0.39 is 5.82 Å². The molecular weight excluding hydrogens is 189 g/mol. The van der Waals surface area contributed by atoms with Gasteiger partial charge in [-0.15, -0.1) is 0 Å². The van der Waals surface area contributed by atoms with E-state index >= 15 is 0 Å². The number of nitriles is 1. The van der Waals surface area contributed by atoms with Crippen LogP contribution in [0.5, 0.6) is 0 Å². The molecule has 0 saturated heterocycles. The van der Waals surface area contributed by atoms with Crippen molar-refractivity contribution in [3.63, 3.8) is 0 Å². The zero-order valence-electron chi connectivity index (χ0n) is 6.83. The Morgan fingerprint density at radius 1 is 1.54 bits per heavy atom. The van der Waals surface area contributed by atoms with Gasteiger partial charge in [-0.25, -0.2) is 4.39 Å². The van der Waals surface area contributed by atoms with Crippen molar-refractivity contribution >= 4 is 12.0 Å². The molecule has 0 saturated carbocycles. The first-order chi connectivity index (χ1) is 6.27. The molecule has 0 fully saturated rings. The van der Waals surface area contributed by atoms with E-state index in [0.29, 0.717) is 29.8 Å². The van der Waals surface area contributed by atoms with Crippen LogP contribution in [0.4, 0.5) is 4.39 Å². The van der Waals surface area contributed by atoms with E-state index in [9.17, 15) is 4.39 Å². The third-order valence-corrected chi connectivity index (χ3v) is 2.04. The molecule has 0 aliphatic rings. The minimum absolute atomic E-state index is 0.342. The fourth-order valence-corrected chi connectivity index (χ4v) is 1.34. The molecule has 0 bridgehead atoms. The molecule has 68 valence electrons. The maximum atomic E-state index is 12.7. The SMILES string of the molecule is N#Cc1cc(F)ccc1CCSO. The Balaban J connectivity index is 2.88. The van der Waals surface area contributed by atoms with Gasteiger partial charge in [0.25, 0.3) is 0 Å². The van der Waals surface area contributed by atoms with Crippen molar-refractivity contribution in [3.8, 4) is 6.07 Å². The van der Waals surface area contributed by atoms with Crippen LogP contribution in [-0.2, 0) is 6.42 Å². The van der Waals surface area contributed by atoms with Crippen LogP contribution in [0.25, 0.3) is 0 Å². The zero-order valence-corrected chi connectivity index (χ0v) is 7.64. The van der Waals surface area contributed by atoms with Crippen molar-refractivity contribution in [2.45, 2.75) is 6.42 Å². The van der Waals surface area contributed by atoms with Gasteiger partial charge < -0.3 is 4.55 Å². The molecule has 0 unspecified atom stereocenters. The Labute approximate surface area is 80.2 Å². The highest BCUT2D eigenvalue weighted by Gasteiger charge is 2.02. The molecule has 0 aromatic heterocycles. The second kappa shape index (κ2) is 4.85. The van der Waals surface area contributed by atoms with Crippen LogP contribution < -0.4 is 0 Å². The molecule has 1 aromatic carbocycles. The Bertz CT molecular complexity index is 335. The van der Waals surface area contributed by atoms with Crippen LogP contribution in [0.2, 0.25) is 0 Å². The van der Waals surface area contributed by atoms with E-state index in [0.717, 1.165) is 5.56 Å². The normalized spacial score (nSPS) is 9.62. The summed E-state index contributed by atoms with van der Waals surface area (Å²) in [6, 6.07) is 6.01. The number of halogens is 1. The van der Waals surface area contributed by atoms with Gasteiger partial charge in [0.15, 0.2) is 0 Å². The number of rotatable bonds is 3. The number of benzene rings is 1. The molecule has 4 heteroatoms. The van der Waals surface area contributed by atoms with E-state index in [1.165, 1.54) is 12.1 Å². The van der Waals surface area contributed by atoms with Gasteiger partial charge in [0, 0.05) is 5.75 Å². The van der Waals surface area contributed by atoms with Crippen LogP contribution in [0.15, 0.2) is 18.2 Å². The van der Waals surface area contributed by atoms with Gasteiger partial charge in [-0.05, 0) is 36.2 Å². The van der Waals surface area contributed by atoms with Gasteiger partial charge in [0.05, 0.1) is 11.6 Å². The first kappa shape index (κ1) is 10.0. The summed E-state index contributed by atoms with van der Waals surface area (Å²) in [4.78, 5) is 0. The second-order valence-electron chi connectivity index (χ2n) is 2.50. The minimum atomic E-state index is -0.406. The minimum Gasteiger partial charge on any atom is -0.330 e. The smallest absolute Gasteiger partial charge is 0.124 e. The molecule has 1 N–H and O–H groups in total. The van der Waals surface area contributed by atoms with Gasteiger partial charge >= 0.3 is 0 Å². The molecule has 0 heterocycles. The Kier molecular flexibility index (Phi) is 3.74. The molecule has 0 radical (unpaired) electrons. The molecule has 2 nitrogen and oxygen atoms in total. The van der Waals surface area contributed by atoms with E-state index in [-0.39, 0.29) is 0 Å². The zero-order chi connectivity index (χ0) is 9.68. The van der Waals surface area contributed by atoms with Gasteiger partial charge in [-0.3, -0.25) is 0 Å². The average Bonchev–Trinajstić information content (AvgIpc) is 2.16. The van der Waals surface area contributed by atoms with Gasteiger partial charge in [-0.1, -0.05) is 6.07 Å². The topological polar surface area (TPSA) is 44.0 Å². The maximum absolute atomic E-state index is 12.7. The first-order valence-electron chi connectivity index (χ1n) is 3.73. The molecule has 0 spiro atoms. The number of aryl methyl sites for hydroxylation is 1. The predicted octanol–water partition coefficient (Wildman–Crippen LogP) is 2.45. The summed E-state index contributed by atoms with van der Waals surface area (Å²) >= 11 is 0.717. The summed E-state index contributed by atoms with van der Waals surface area (Å²) in [5.41, 5.74) is 1.11. The van der Waals surface area contributed by atoms with E-state index in [2.05, 4.69) is 0 Å². The van der Waals surface area contributed by atoms with Crippen LogP contribution in [0.3, 0.4) is 0 Å². The lowest BCUT2D eigenvalue weighted by atomic mass is 10.1. The van der Waals surface area contributed by atoms with Gasteiger partial charge in [0.1, 0.15) is 5.82 Å². The fraction of sp³-hybridized carbons (Fsp3) is 0.222. The molecule has 0 aliphatic heterocycles. The van der Waals surface area contributed by atoms with Crippen molar-refractivity contribution in [3.05, 3.63) is 35.1 Å². The molecular formula is C9H8FNOS. The van der Waals surface area contributed by atoms with Crippen LogP contribution in [0.1, 0.15) is 11.1 Å². The monoisotopic (exact) mass is 197 g/mol. The molecule has 0 amide bonds. The lowest BCUT2D eigenvalue weighted by Gasteiger charge is -2.01. The number of hydrogen-bond donors (Lipinski definition) is 1. The maximum Gasteiger partial charge on any atom is 0.124 e. The predicted molar refractivity (Wildman–Crippen MR) is 49.9 cm³/mol. The van der Waals surface area contributed by atoms with Crippen LogP contribution >= 0.6 is 12.0 Å². The number of nitrogens with zero attached hydrogens (tertiary/aromatic N) is 1. The lowest BCUT2D eigenvalue weighted by Crippen LogP contribution is -1.93. The van der Waals surface area contributed by atoms with Crippen molar-refractivity contribution in [2.75, 3.05) is 5.75 Å². The summed E-state index contributed by atoms with van der Waals surface area (Å²) in [7, 11) is 0. The highest BCUT2D eigenvalue weighted by molar-refractivity contribution is 7.93. The van der Waals surface area contributed by atoms with Gasteiger partial charge in [0.2, 0.25) is 0 Å². The first-order valence-corrected chi connectivity index (χ1v) is 4.67. The third kappa shape index (κ3) is 2.72. The molecule has 1 rings (SSSR count). The Hall–Kier alpha value is -1.05. The van der Waals surface area contributed by atoms with E-state index in [1.807, 2.05) is 6.07 Å². The Morgan fingerprint density at radius 3 is 2.92 bits per heavy atom.